The van der Waals surface area contributed by atoms with Crippen molar-refractivity contribution in [2.24, 2.45) is 0 Å². The molecule has 3 heterocycles. The van der Waals surface area contributed by atoms with Crippen molar-refractivity contribution in [3.05, 3.63) is 71.4 Å². The minimum absolute atomic E-state index is 0.773. The van der Waals surface area contributed by atoms with Gasteiger partial charge in [-0.3, -0.25) is 0 Å². The van der Waals surface area contributed by atoms with Gasteiger partial charge in [-0.05, 0) is 29.0 Å². The summed E-state index contributed by atoms with van der Waals surface area (Å²) >= 11 is 3.40. The minimum Gasteiger partial charge on any atom is -0.227 e. The molecule has 2 nitrogen and oxygen atoms in total. The second-order valence-corrected chi connectivity index (χ2v) is 6.68. The van der Waals surface area contributed by atoms with E-state index in [2.05, 4.69) is 41.1 Å². The number of aromatic nitrogens is 2. The smallest absolute Gasteiger partial charge is 0.160 e. The topological polar surface area (TPSA) is 25.8 Å². The zero-order valence-electron chi connectivity index (χ0n) is 11.6. The Morgan fingerprint density at radius 2 is 1.23 bits per heavy atom. The minimum atomic E-state index is 0.773. The molecule has 3 aromatic heterocycles. The highest BCUT2D eigenvalue weighted by Crippen LogP contribution is 2.31. The van der Waals surface area contributed by atoms with Crippen LogP contribution in [-0.2, 0) is 0 Å². The second-order valence-electron chi connectivity index (χ2n) is 4.78. The summed E-state index contributed by atoms with van der Waals surface area (Å²) in [7, 11) is 0. The maximum Gasteiger partial charge on any atom is 0.160 e. The first kappa shape index (κ1) is 13.4. The SMILES string of the molecule is c1ccc(-c2nc(-c3cccs3)cc(-c3cccs3)n2)cc1. The molecule has 0 spiro atoms. The van der Waals surface area contributed by atoms with Crippen LogP contribution in [0.25, 0.3) is 32.5 Å². The summed E-state index contributed by atoms with van der Waals surface area (Å²) in [6, 6.07) is 20.5. The van der Waals surface area contributed by atoms with E-state index in [0.29, 0.717) is 0 Å². The fourth-order valence-electron chi connectivity index (χ4n) is 2.26. The van der Waals surface area contributed by atoms with E-state index in [1.54, 1.807) is 22.7 Å². The van der Waals surface area contributed by atoms with Gasteiger partial charge in [-0.1, -0.05) is 42.5 Å². The molecule has 0 saturated heterocycles. The number of rotatable bonds is 3. The normalized spacial score (nSPS) is 10.7. The maximum atomic E-state index is 4.76. The van der Waals surface area contributed by atoms with Crippen LogP contribution in [0.15, 0.2) is 71.4 Å². The second kappa shape index (κ2) is 5.83. The first-order chi connectivity index (χ1) is 10.9. The maximum absolute atomic E-state index is 4.76. The Bertz CT molecular complexity index is 814. The molecule has 4 aromatic rings. The molecule has 1 aromatic carbocycles. The lowest BCUT2D eigenvalue weighted by molar-refractivity contribution is 1.19. The van der Waals surface area contributed by atoms with Crippen LogP contribution in [0.4, 0.5) is 0 Å². The van der Waals surface area contributed by atoms with Crippen LogP contribution >= 0.6 is 22.7 Å². The number of thiophene rings is 2. The van der Waals surface area contributed by atoms with Gasteiger partial charge in [0.2, 0.25) is 0 Å². The molecule has 0 fully saturated rings. The quantitative estimate of drug-likeness (QED) is 0.491. The molecule has 106 valence electrons. The lowest BCUT2D eigenvalue weighted by atomic mass is 10.2. The van der Waals surface area contributed by atoms with E-state index in [0.717, 1.165) is 32.5 Å². The Hall–Kier alpha value is -2.30. The number of hydrogen-bond donors (Lipinski definition) is 0. The molecule has 0 unspecified atom stereocenters. The van der Waals surface area contributed by atoms with Crippen LogP contribution in [0.1, 0.15) is 0 Å². The third-order valence-electron chi connectivity index (χ3n) is 3.31. The van der Waals surface area contributed by atoms with E-state index in [1.807, 2.05) is 30.3 Å². The average Bonchev–Trinajstić information content (AvgIpc) is 3.29. The molecule has 4 rings (SSSR count). The van der Waals surface area contributed by atoms with Crippen LogP contribution in [0.2, 0.25) is 0 Å². The van der Waals surface area contributed by atoms with Gasteiger partial charge in [-0.25, -0.2) is 9.97 Å². The van der Waals surface area contributed by atoms with Crippen molar-refractivity contribution in [2.75, 3.05) is 0 Å². The van der Waals surface area contributed by atoms with Crippen LogP contribution in [0, 0.1) is 0 Å². The fourth-order valence-corrected chi connectivity index (χ4v) is 3.64. The molecule has 0 radical (unpaired) electrons. The molecule has 0 saturated carbocycles. The Kier molecular flexibility index (Phi) is 3.54. The van der Waals surface area contributed by atoms with Crippen molar-refractivity contribution >= 4 is 22.7 Å². The van der Waals surface area contributed by atoms with Gasteiger partial charge in [0, 0.05) is 5.56 Å². The predicted molar refractivity (Wildman–Crippen MR) is 94.1 cm³/mol. The number of nitrogens with zero attached hydrogens (tertiary/aromatic N) is 2. The first-order valence-electron chi connectivity index (χ1n) is 6.92. The first-order valence-corrected chi connectivity index (χ1v) is 8.68. The van der Waals surface area contributed by atoms with E-state index in [4.69, 9.17) is 9.97 Å². The lowest BCUT2D eigenvalue weighted by Crippen LogP contribution is -1.93. The standard InChI is InChI=1S/C18H12N2S2/c1-2-6-13(7-3-1)18-19-14(16-8-4-10-21-16)12-15(20-18)17-9-5-11-22-17/h1-12H. The molecule has 0 N–H and O–H groups in total. The zero-order chi connectivity index (χ0) is 14.8. The average molecular weight is 320 g/mol. The zero-order valence-corrected chi connectivity index (χ0v) is 13.3. The fraction of sp³-hybridized carbons (Fsp3) is 0. The Balaban J connectivity index is 1.91. The van der Waals surface area contributed by atoms with Crippen molar-refractivity contribution in [1.82, 2.24) is 9.97 Å². The van der Waals surface area contributed by atoms with Crippen molar-refractivity contribution < 1.29 is 0 Å². The van der Waals surface area contributed by atoms with E-state index in [-0.39, 0.29) is 0 Å². The molecular formula is C18H12N2S2. The van der Waals surface area contributed by atoms with Crippen molar-refractivity contribution in [3.63, 3.8) is 0 Å². The van der Waals surface area contributed by atoms with Crippen molar-refractivity contribution in [1.29, 1.82) is 0 Å². The summed E-state index contributed by atoms with van der Waals surface area (Å²) in [6.07, 6.45) is 0. The van der Waals surface area contributed by atoms with Crippen LogP contribution < -0.4 is 0 Å². The monoisotopic (exact) mass is 320 g/mol. The van der Waals surface area contributed by atoms with E-state index >= 15 is 0 Å². The molecule has 0 atom stereocenters. The van der Waals surface area contributed by atoms with Gasteiger partial charge in [0.15, 0.2) is 5.82 Å². The van der Waals surface area contributed by atoms with Crippen molar-refractivity contribution in [3.8, 4) is 32.5 Å². The molecule has 0 aliphatic heterocycles. The predicted octanol–water partition coefficient (Wildman–Crippen LogP) is 5.60. The highest BCUT2D eigenvalue weighted by atomic mass is 32.1. The van der Waals surface area contributed by atoms with Crippen LogP contribution in [0.5, 0.6) is 0 Å². The summed E-state index contributed by atoms with van der Waals surface area (Å²) in [5.74, 6) is 0.773. The van der Waals surface area contributed by atoms with Crippen LogP contribution in [-0.4, -0.2) is 9.97 Å². The van der Waals surface area contributed by atoms with Gasteiger partial charge in [0.05, 0.1) is 21.1 Å². The summed E-state index contributed by atoms with van der Waals surface area (Å²) in [5, 5.41) is 4.15. The van der Waals surface area contributed by atoms with E-state index < -0.39 is 0 Å². The summed E-state index contributed by atoms with van der Waals surface area (Å²) in [5.41, 5.74) is 3.00. The highest BCUT2D eigenvalue weighted by Gasteiger charge is 2.11. The third-order valence-corrected chi connectivity index (χ3v) is 5.09. The Morgan fingerprint density at radius 3 is 1.73 bits per heavy atom. The van der Waals surface area contributed by atoms with Crippen molar-refractivity contribution in [2.45, 2.75) is 0 Å². The van der Waals surface area contributed by atoms with Gasteiger partial charge < -0.3 is 0 Å². The molecule has 22 heavy (non-hydrogen) atoms. The van der Waals surface area contributed by atoms with Gasteiger partial charge in [-0.2, -0.15) is 0 Å². The van der Waals surface area contributed by atoms with Crippen LogP contribution in [0.3, 0.4) is 0 Å². The summed E-state index contributed by atoms with van der Waals surface area (Å²) in [6.45, 7) is 0. The number of hydrogen-bond acceptors (Lipinski definition) is 4. The Morgan fingerprint density at radius 1 is 0.636 bits per heavy atom. The Labute approximate surface area is 136 Å². The van der Waals surface area contributed by atoms with Gasteiger partial charge >= 0.3 is 0 Å². The third kappa shape index (κ3) is 2.58. The van der Waals surface area contributed by atoms with E-state index in [9.17, 15) is 0 Å². The largest absolute Gasteiger partial charge is 0.227 e. The number of benzene rings is 1. The summed E-state index contributed by atoms with van der Waals surface area (Å²) < 4.78 is 0. The molecule has 0 aliphatic rings. The highest BCUT2D eigenvalue weighted by molar-refractivity contribution is 7.14. The molecule has 0 amide bonds. The van der Waals surface area contributed by atoms with Gasteiger partial charge in [0.25, 0.3) is 0 Å². The van der Waals surface area contributed by atoms with Gasteiger partial charge in [0.1, 0.15) is 0 Å². The molecule has 4 heteroatoms. The van der Waals surface area contributed by atoms with Gasteiger partial charge in [-0.15, -0.1) is 22.7 Å². The molecular weight excluding hydrogens is 308 g/mol. The van der Waals surface area contributed by atoms with E-state index in [1.165, 1.54) is 0 Å². The molecule has 0 bridgehead atoms. The summed E-state index contributed by atoms with van der Waals surface area (Å²) in [4.78, 5) is 11.8. The molecule has 0 aliphatic carbocycles. The lowest BCUT2D eigenvalue weighted by Gasteiger charge is -2.06.